The third kappa shape index (κ3) is 3.43. The van der Waals surface area contributed by atoms with Crippen LogP contribution < -0.4 is 16.2 Å². The number of para-hydroxylation sites is 1. The Hall–Kier alpha value is -1.85. The number of amides is 1. The van der Waals surface area contributed by atoms with Gasteiger partial charge >= 0.3 is 0 Å². The minimum Gasteiger partial charge on any atom is -0.352 e. The number of aromatic amines is 1. The van der Waals surface area contributed by atoms with Crippen LogP contribution in [0, 0.1) is 5.92 Å². The van der Waals surface area contributed by atoms with Crippen molar-refractivity contribution in [1.82, 2.24) is 15.6 Å². The normalized spacial score (nSPS) is 17.4. The van der Waals surface area contributed by atoms with Crippen molar-refractivity contribution in [2.24, 2.45) is 5.92 Å². The third-order valence-electron chi connectivity index (χ3n) is 3.72. The summed E-state index contributed by atoms with van der Waals surface area (Å²) in [5, 5.41) is 7.07. The monoisotopic (exact) mass is 307 g/mol. The number of carbonyl (C=O) groups excluding carboxylic acids is 1. The molecule has 6 heteroatoms. The molecule has 3 N–H and O–H groups in total. The minimum atomic E-state index is -0.143. The van der Waals surface area contributed by atoms with E-state index in [4.69, 9.17) is 0 Å². The van der Waals surface area contributed by atoms with Gasteiger partial charge < -0.3 is 15.6 Å². The summed E-state index contributed by atoms with van der Waals surface area (Å²) in [4.78, 5) is 26.4. The van der Waals surface area contributed by atoms with Crippen LogP contribution in [0.1, 0.15) is 12.0 Å². The van der Waals surface area contributed by atoms with Crippen molar-refractivity contribution in [3.63, 3.8) is 0 Å². The Morgan fingerprint density at radius 1 is 1.33 bits per heavy atom. The van der Waals surface area contributed by atoms with E-state index in [-0.39, 0.29) is 29.8 Å². The van der Waals surface area contributed by atoms with E-state index in [9.17, 15) is 9.59 Å². The van der Waals surface area contributed by atoms with E-state index in [0.29, 0.717) is 6.54 Å². The molecule has 1 aliphatic rings. The van der Waals surface area contributed by atoms with Crippen LogP contribution in [0.15, 0.2) is 35.1 Å². The van der Waals surface area contributed by atoms with E-state index >= 15 is 0 Å². The number of halogens is 1. The maximum atomic E-state index is 12.0. The summed E-state index contributed by atoms with van der Waals surface area (Å²) < 4.78 is 0. The molecular weight excluding hydrogens is 290 g/mol. The molecule has 1 fully saturated rings. The number of nitrogens with one attached hydrogen (secondary N) is 3. The number of aromatic nitrogens is 1. The molecule has 0 radical (unpaired) electrons. The first-order valence-electron chi connectivity index (χ1n) is 6.83. The van der Waals surface area contributed by atoms with Gasteiger partial charge in [0.05, 0.1) is 5.92 Å². The molecule has 1 atom stereocenters. The van der Waals surface area contributed by atoms with Gasteiger partial charge in [0, 0.05) is 30.1 Å². The van der Waals surface area contributed by atoms with Crippen LogP contribution in [0.4, 0.5) is 0 Å². The highest BCUT2D eigenvalue weighted by Crippen LogP contribution is 2.15. The average Bonchev–Trinajstić information content (AvgIpc) is 2.98. The molecule has 112 valence electrons. The smallest absolute Gasteiger partial charge is 0.248 e. The van der Waals surface area contributed by atoms with Gasteiger partial charge in [-0.3, -0.25) is 9.59 Å². The number of benzene rings is 1. The zero-order valence-corrected chi connectivity index (χ0v) is 12.3. The van der Waals surface area contributed by atoms with Gasteiger partial charge in [-0.25, -0.2) is 0 Å². The van der Waals surface area contributed by atoms with Gasteiger partial charge in [0.25, 0.3) is 0 Å². The Balaban J connectivity index is 0.00000161. The molecule has 0 bridgehead atoms. The number of pyridine rings is 1. The molecule has 21 heavy (non-hydrogen) atoms. The molecule has 2 aromatic rings. The van der Waals surface area contributed by atoms with E-state index in [1.807, 2.05) is 24.3 Å². The highest BCUT2D eigenvalue weighted by Gasteiger charge is 2.21. The summed E-state index contributed by atoms with van der Waals surface area (Å²) in [6, 6.07) is 9.17. The Kier molecular flexibility index (Phi) is 4.98. The molecule has 0 spiro atoms. The van der Waals surface area contributed by atoms with Gasteiger partial charge in [0.15, 0.2) is 0 Å². The highest BCUT2D eigenvalue weighted by molar-refractivity contribution is 5.85. The molecule has 1 aromatic carbocycles. The van der Waals surface area contributed by atoms with Crippen LogP contribution in [-0.4, -0.2) is 24.0 Å². The predicted molar refractivity (Wildman–Crippen MR) is 84.6 cm³/mol. The van der Waals surface area contributed by atoms with Crippen LogP contribution in [0.5, 0.6) is 0 Å². The van der Waals surface area contributed by atoms with Crippen molar-refractivity contribution in [2.75, 3.05) is 13.1 Å². The Morgan fingerprint density at radius 3 is 2.90 bits per heavy atom. The van der Waals surface area contributed by atoms with Crippen molar-refractivity contribution < 1.29 is 4.79 Å². The molecule has 1 aliphatic heterocycles. The largest absolute Gasteiger partial charge is 0.352 e. The highest BCUT2D eigenvalue weighted by atomic mass is 35.5. The second-order valence-electron chi connectivity index (χ2n) is 5.11. The zero-order chi connectivity index (χ0) is 13.9. The van der Waals surface area contributed by atoms with Crippen molar-refractivity contribution in [3.05, 3.63) is 46.2 Å². The van der Waals surface area contributed by atoms with Gasteiger partial charge in [-0.2, -0.15) is 0 Å². The molecule has 2 heterocycles. The van der Waals surface area contributed by atoms with E-state index in [1.165, 1.54) is 0 Å². The maximum absolute atomic E-state index is 12.0. The van der Waals surface area contributed by atoms with Gasteiger partial charge in [-0.15, -0.1) is 12.4 Å². The number of carbonyl (C=O) groups is 1. The number of H-pyrrole nitrogens is 1. The second-order valence-corrected chi connectivity index (χ2v) is 5.11. The van der Waals surface area contributed by atoms with Crippen LogP contribution in [-0.2, 0) is 11.3 Å². The number of hydrogen-bond donors (Lipinski definition) is 3. The van der Waals surface area contributed by atoms with Crippen LogP contribution in [0.3, 0.4) is 0 Å². The van der Waals surface area contributed by atoms with E-state index in [2.05, 4.69) is 15.6 Å². The summed E-state index contributed by atoms with van der Waals surface area (Å²) in [6.07, 6.45) is 0.877. The second kappa shape index (κ2) is 6.74. The van der Waals surface area contributed by atoms with Crippen LogP contribution >= 0.6 is 12.4 Å². The summed E-state index contributed by atoms with van der Waals surface area (Å²) in [6.45, 7) is 2.02. The van der Waals surface area contributed by atoms with Crippen molar-refractivity contribution in [1.29, 1.82) is 0 Å². The van der Waals surface area contributed by atoms with Crippen LogP contribution in [0.25, 0.3) is 10.9 Å². The fraction of sp³-hybridized carbons (Fsp3) is 0.333. The molecule has 1 amide bonds. The zero-order valence-electron chi connectivity index (χ0n) is 11.5. The first kappa shape index (κ1) is 15.5. The van der Waals surface area contributed by atoms with E-state index < -0.39 is 0 Å². The lowest BCUT2D eigenvalue weighted by Crippen LogP contribution is -2.31. The molecular formula is C15H18ClN3O2. The van der Waals surface area contributed by atoms with Crippen LogP contribution in [0.2, 0.25) is 0 Å². The number of fused-ring (bicyclic) bond motifs is 1. The topological polar surface area (TPSA) is 74.0 Å². The van der Waals surface area contributed by atoms with E-state index in [1.54, 1.807) is 6.07 Å². The van der Waals surface area contributed by atoms with E-state index in [0.717, 1.165) is 36.0 Å². The first-order chi connectivity index (χ1) is 9.74. The molecule has 3 rings (SSSR count). The van der Waals surface area contributed by atoms with Crippen molar-refractivity contribution >= 4 is 29.2 Å². The number of hydrogen-bond acceptors (Lipinski definition) is 3. The lowest BCUT2D eigenvalue weighted by molar-refractivity contribution is -0.124. The fourth-order valence-corrected chi connectivity index (χ4v) is 2.63. The molecule has 0 aliphatic carbocycles. The minimum absolute atomic E-state index is 0. The predicted octanol–water partition coefficient (Wildman–Crippen LogP) is 1.18. The van der Waals surface area contributed by atoms with Gasteiger partial charge in [0.2, 0.25) is 11.5 Å². The summed E-state index contributed by atoms with van der Waals surface area (Å²) >= 11 is 0. The SMILES string of the molecule is Cl.O=C(NCc1cc(=O)[nH]c2ccccc12)C1CCNC1. The Morgan fingerprint density at radius 2 is 2.14 bits per heavy atom. The molecule has 1 unspecified atom stereocenters. The molecule has 1 aromatic heterocycles. The van der Waals surface area contributed by atoms with Gasteiger partial charge in [-0.1, -0.05) is 18.2 Å². The Labute approximate surface area is 128 Å². The van der Waals surface area contributed by atoms with Crippen molar-refractivity contribution in [2.45, 2.75) is 13.0 Å². The summed E-state index contributed by atoms with van der Waals surface area (Å²) in [5.41, 5.74) is 1.51. The van der Waals surface area contributed by atoms with Gasteiger partial charge in [-0.05, 0) is 24.6 Å². The molecule has 1 saturated heterocycles. The fourth-order valence-electron chi connectivity index (χ4n) is 2.63. The molecule has 0 saturated carbocycles. The summed E-state index contributed by atoms with van der Waals surface area (Å²) in [5.74, 6) is 0.0997. The summed E-state index contributed by atoms with van der Waals surface area (Å²) in [7, 11) is 0. The Bertz CT molecular complexity index is 693. The molecule has 5 nitrogen and oxygen atoms in total. The maximum Gasteiger partial charge on any atom is 0.248 e. The number of rotatable bonds is 3. The first-order valence-corrected chi connectivity index (χ1v) is 6.83. The third-order valence-corrected chi connectivity index (χ3v) is 3.72. The standard InChI is InChI=1S/C15H17N3O2.ClH/c19-14-7-11(12-3-1-2-4-13(12)18-14)9-17-15(20)10-5-6-16-8-10;/h1-4,7,10,16H,5-6,8-9H2,(H,17,20)(H,18,19);1H. The average molecular weight is 308 g/mol. The lowest BCUT2D eigenvalue weighted by atomic mass is 10.1. The van der Waals surface area contributed by atoms with Crippen molar-refractivity contribution in [3.8, 4) is 0 Å². The van der Waals surface area contributed by atoms with Gasteiger partial charge in [0.1, 0.15) is 0 Å². The quantitative estimate of drug-likeness (QED) is 0.797. The lowest BCUT2D eigenvalue weighted by Gasteiger charge is -2.11.